The summed E-state index contributed by atoms with van der Waals surface area (Å²) >= 11 is 6.03. The number of halogens is 1. The van der Waals surface area contributed by atoms with E-state index in [1.807, 2.05) is 36.5 Å². The van der Waals surface area contributed by atoms with Crippen LogP contribution in [-0.2, 0) is 0 Å². The highest BCUT2D eigenvalue weighted by Gasteiger charge is 2.15. The lowest BCUT2D eigenvalue weighted by molar-refractivity contribution is 0.112. The summed E-state index contributed by atoms with van der Waals surface area (Å²) in [5.41, 5.74) is 2.06. The van der Waals surface area contributed by atoms with E-state index in [2.05, 4.69) is 4.98 Å². The summed E-state index contributed by atoms with van der Waals surface area (Å²) < 4.78 is 1.87. The molecule has 2 aromatic heterocycles. The third-order valence-corrected chi connectivity index (χ3v) is 2.92. The maximum absolute atomic E-state index is 11.0. The van der Waals surface area contributed by atoms with Gasteiger partial charge in [0.25, 0.3) is 0 Å². The molecular formula is C11H12ClN3O. The van der Waals surface area contributed by atoms with Crippen molar-refractivity contribution in [3.8, 4) is 0 Å². The fourth-order valence-corrected chi connectivity index (χ4v) is 1.87. The molecule has 0 unspecified atom stereocenters. The van der Waals surface area contributed by atoms with Crippen LogP contribution in [0.2, 0.25) is 5.02 Å². The number of rotatable bonds is 2. The van der Waals surface area contributed by atoms with Gasteiger partial charge in [-0.2, -0.15) is 0 Å². The van der Waals surface area contributed by atoms with Crippen molar-refractivity contribution in [3.05, 3.63) is 28.5 Å². The number of nitrogens with zero attached hydrogens (tertiary/aromatic N) is 3. The van der Waals surface area contributed by atoms with Crippen LogP contribution < -0.4 is 4.90 Å². The number of hydrogen-bond acceptors (Lipinski definition) is 3. The highest BCUT2D eigenvalue weighted by Crippen LogP contribution is 2.25. The SMILES string of the molecule is Cc1c(Cl)ccn2c(N(C)C)nc(C=O)c12. The van der Waals surface area contributed by atoms with E-state index in [9.17, 15) is 4.79 Å². The van der Waals surface area contributed by atoms with Crippen LogP contribution in [0.3, 0.4) is 0 Å². The summed E-state index contributed by atoms with van der Waals surface area (Å²) in [5, 5.41) is 0.640. The lowest BCUT2D eigenvalue weighted by atomic mass is 10.2. The van der Waals surface area contributed by atoms with Gasteiger partial charge in [-0.25, -0.2) is 4.98 Å². The number of carbonyl (C=O) groups excluding carboxylic acids is 1. The van der Waals surface area contributed by atoms with Crippen molar-refractivity contribution >= 4 is 29.4 Å². The molecule has 0 spiro atoms. The van der Waals surface area contributed by atoms with Crippen LogP contribution in [0, 0.1) is 6.92 Å². The number of aryl methyl sites for hydroxylation is 1. The molecule has 0 saturated carbocycles. The predicted molar refractivity (Wildman–Crippen MR) is 64.7 cm³/mol. The number of aromatic nitrogens is 2. The Kier molecular flexibility index (Phi) is 2.59. The van der Waals surface area contributed by atoms with E-state index >= 15 is 0 Å². The Labute approximate surface area is 98.5 Å². The molecular weight excluding hydrogens is 226 g/mol. The maximum atomic E-state index is 11.0. The van der Waals surface area contributed by atoms with E-state index in [1.54, 1.807) is 6.07 Å². The fraction of sp³-hybridized carbons (Fsp3) is 0.273. The van der Waals surface area contributed by atoms with Crippen molar-refractivity contribution in [3.63, 3.8) is 0 Å². The largest absolute Gasteiger partial charge is 0.348 e. The molecule has 2 heterocycles. The van der Waals surface area contributed by atoms with E-state index in [0.717, 1.165) is 23.3 Å². The minimum atomic E-state index is 0.420. The smallest absolute Gasteiger partial charge is 0.210 e. The summed E-state index contributed by atoms with van der Waals surface area (Å²) in [7, 11) is 3.76. The number of pyridine rings is 1. The molecule has 0 N–H and O–H groups in total. The number of imidazole rings is 1. The maximum Gasteiger partial charge on any atom is 0.210 e. The van der Waals surface area contributed by atoms with Crippen LogP contribution in [0.5, 0.6) is 0 Å². The van der Waals surface area contributed by atoms with Gasteiger partial charge in [0, 0.05) is 25.3 Å². The minimum absolute atomic E-state index is 0.420. The van der Waals surface area contributed by atoms with Gasteiger partial charge < -0.3 is 4.90 Å². The van der Waals surface area contributed by atoms with Gasteiger partial charge >= 0.3 is 0 Å². The molecule has 0 saturated heterocycles. The molecule has 0 radical (unpaired) electrons. The molecule has 0 aromatic carbocycles. The normalized spacial score (nSPS) is 10.8. The van der Waals surface area contributed by atoms with E-state index in [-0.39, 0.29) is 0 Å². The van der Waals surface area contributed by atoms with E-state index in [0.29, 0.717) is 10.7 Å². The highest BCUT2D eigenvalue weighted by atomic mass is 35.5. The van der Waals surface area contributed by atoms with Gasteiger partial charge in [0.05, 0.1) is 5.52 Å². The van der Waals surface area contributed by atoms with Gasteiger partial charge in [0.15, 0.2) is 6.29 Å². The Balaban J connectivity index is 2.90. The summed E-state index contributed by atoms with van der Waals surface area (Å²) in [6.45, 7) is 1.88. The van der Waals surface area contributed by atoms with E-state index < -0.39 is 0 Å². The van der Waals surface area contributed by atoms with Crippen LogP contribution in [0.1, 0.15) is 16.1 Å². The second-order valence-corrected chi connectivity index (χ2v) is 4.22. The van der Waals surface area contributed by atoms with Gasteiger partial charge in [0.1, 0.15) is 5.69 Å². The number of hydrogen-bond donors (Lipinski definition) is 0. The molecule has 2 aromatic rings. The molecule has 4 nitrogen and oxygen atoms in total. The molecule has 0 amide bonds. The molecule has 0 bridgehead atoms. The van der Waals surface area contributed by atoms with E-state index in [4.69, 9.17) is 11.6 Å². The fourth-order valence-electron chi connectivity index (χ4n) is 1.73. The molecule has 0 aliphatic carbocycles. The molecule has 0 aliphatic rings. The van der Waals surface area contributed by atoms with Crippen molar-refractivity contribution in [2.75, 3.05) is 19.0 Å². The van der Waals surface area contributed by atoms with Gasteiger partial charge in [-0.05, 0) is 18.6 Å². The van der Waals surface area contributed by atoms with Gasteiger partial charge in [0.2, 0.25) is 5.95 Å². The Morgan fingerprint density at radius 2 is 2.19 bits per heavy atom. The average Bonchev–Trinajstić information content (AvgIpc) is 2.62. The molecule has 0 atom stereocenters. The molecule has 5 heteroatoms. The first-order chi connectivity index (χ1) is 7.56. The van der Waals surface area contributed by atoms with Crippen molar-refractivity contribution in [2.45, 2.75) is 6.92 Å². The second-order valence-electron chi connectivity index (χ2n) is 3.82. The van der Waals surface area contributed by atoms with Crippen LogP contribution in [-0.4, -0.2) is 29.8 Å². The number of fused-ring (bicyclic) bond motifs is 1. The van der Waals surface area contributed by atoms with Crippen LogP contribution >= 0.6 is 11.6 Å². The topological polar surface area (TPSA) is 37.6 Å². The summed E-state index contributed by atoms with van der Waals surface area (Å²) in [5.74, 6) is 0.719. The molecule has 0 aliphatic heterocycles. The van der Waals surface area contributed by atoms with Gasteiger partial charge in [-0.1, -0.05) is 11.6 Å². The Hall–Kier alpha value is -1.55. The van der Waals surface area contributed by atoms with Crippen LogP contribution in [0.25, 0.3) is 5.52 Å². The minimum Gasteiger partial charge on any atom is -0.348 e. The predicted octanol–water partition coefficient (Wildman–Crippen LogP) is 2.17. The zero-order valence-electron chi connectivity index (χ0n) is 9.36. The Morgan fingerprint density at radius 1 is 1.50 bits per heavy atom. The van der Waals surface area contributed by atoms with Crippen molar-refractivity contribution in [1.82, 2.24) is 9.38 Å². The summed E-state index contributed by atoms with van der Waals surface area (Å²) in [6, 6.07) is 1.80. The van der Waals surface area contributed by atoms with Gasteiger partial charge in [-0.3, -0.25) is 9.20 Å². The molecule has 0 fully saturated rings. The number of aldehydes is 1. The average molecular weight is 238 g/mol. The number of carbonyl (C=O) groups is 1. The first-order valence-electron chi connectivity index (χ1n) is 4.86. The second kappa shape index (κ2) is 3.79. The lowest BCUT2D eigenvalue weighted by Gasteiger charge is -2.10. The summed E-state index contributed by atoms with van der Waals surface area (Å²) in [6.07, 6.45) is 2.58. The molecule has 84 valence electrons. The zero-order chi connectivity index (χ0) is 11.9. The van der Waals surface area contributed by atoms with Crippen LogP contribution in [0.4, 0.5) is 5.95 Å². The summed E-state index contributed by atoms with van der Waals surface area (Å²) in [4.78, 5) is 17.1. The third-order valence-electron chi connectivity index (χ3n) is 2.51. The molecule has 2 rings (SSSR count). The zero-order valence-corrected chi connectivity index (χ0v) is 10.1. The monoisotopic (exact) mass is 237 g/mol. The van der Waals surface area contributed by atoms with Crippen molar-refractivity contribution in [2.24, 2.45) is 0 Å². The van der Waals surface area contributed by atoms with Gasteiger partial charge in [-0.15, -0.1) is 0 Å². The lowest BCUT2D eigenvalue weighted by Crippen LogP contribution is -2.12. The molecule has 16 heavy (non-hydrogen) atoms. The quantitative estimate of drug-likeness (QED) is 0.752. The highest BCUT2D eigenvalue weighted by molar-refractivity contribution is 6.31. The first-order valence-corrected chi connectivity index (χ1v) is 5.23. The number of anilines is 1. The Bertz CT molecular complexity index is 560. The van der Waals surface area contributed by atoms with Crippen molar-refractivity contribution < 1.29 is 4.79 Å². The third kappa shape index (κ3) is 1.46. The first kappa shape index (κ1) is 11.0. The standard InChI is InChI=1S/C11H12ClN3O/c1-7-8(12)4-5-15-10(7)9(6-16)13-11(15)14(2)3/h4-6H,1-3H3. The Morgan fingerprint density at radius 3 is 2.75 bits per heavy atom. The van der Waals surface area contributed by atoms with E-state index in [1.165, 1.54) is 0 Å². The van der Waals surface area contributed by atoms with Crippen molar-refractivity contribution in [1.29, 1.82) is 0 Å². The van der Waals surface area contributed by atoms with Crippen LogP contribution in [0.15, 0.2) is 12.3 Å².